The number of hydrogen-bond acceptors (Lipinski definition) is 3. The molecule has 1 heterocycles. The summed E-state index contributed by atoms with van der Waals surface area (Å²) in [7, 11) is 0. The number of benzene rings is 2. The lowest BCUT2D eigenvalue weighted by Crippen LogP contribution is -2.14. The second-order valence-electron chi connectivity index (χ2n) is 4.72. The summed E-state index contributed by atoms with van der Waals surface area (Å²) < 4.78 is 6.59. The van der Waals surface area contributed by atoms with Crippen molar-refractivity contribution in [2.24, 2.45) is 0 Å². The molecule has 0 saturated heterocycles. The van der Waals surface area contributed by atoms with E-state index in [-0.39, 0.29) is 5.91 Å². The predicted molar refractivity (Wildman–Crippen MR) is 93.8 cm³/mol. The predicted octanol–water partition coefficient (Wildman–Crippen LogP) is 4.51. The molecule has 0 bridgehead atoms. The van der Waals surface area contributed by atoms with Crippen LogP contribution in [0.5, 0.6) is 0 Å². The monoisotopic (exact) mass is 404 g/mol. The smallest absolute Gasteiger partial charge is 0.277 e. The van der Waals surface area contributed by atoms with E-state index < -0.39 is 0 Å². The van der Waals surface area contributed by atoms with Gasteiger partial charge >= 0.3 is 0 Å². The van der Waals surface area contributed by atoms with Gasteiger partial charge in [0.05, 0.1) is 5.69 Å². The normalized spacial score (nSPS) is 10.5. The third-order valence-corrected chi connectivity index (χ3v) is 4.10. The molecule has 3 rings (SSSR count). The van der Waals surface area contributed by atoms with Crippen molar-refractivity contribution in [2.75, 3.05) is 5.32 Å². The van der Waals surface area contributed by atoms with Gasteiger partial charge in [0, 0.05) is 9.13 Å². The van der Waals surface area contributed by atoms with E-state index in [9.17, 15) is 4.79 Å². The summed E-state index contributed by atoms with van der Waals surface area (Å²) in [6.45, 7) is 1.74. The molecular weight excluding hydrogens is 391 g/mol. The molecule has 0 fully saturated rings. The number of hydrogen-bond donors (Lipinski definition) is 1. The van der Waals surface area contributed by atoms with E-state index in [1.165, 1.54) is 0 Å². The minimum atomic E-state index is -0.271. The van der Waals surface area contributed by atoms with Crippen LogP contribution in [0.2, 0.25) is 0 Å². The summed E-state index contributed by atoms with van der Waals surface area (Å²) in [5.41, 5.74) is 1.91. The molecule has 110 valence electrons. The maximum absolute atomic E-state index is 12.4. The van der Waals surface area contributed by atoms with Gasteiger partial charge in [0.2, 0.25) is 5.89 Å². The molecule has 1 amide bonds. The number of carbonyl (C=O) groups excluding carboxylic acids is 1. The standard InChI is InChI=1S/C17H13IN2O2/c1-11-15(16(21)19-14-10-6-5-9-13(14)18)20-17(22-11)12-7-3-2-4-8-12/h2-10H,1H3,(H,19,21). The highest BCUT2D eigenvalue weighted by atomic mass is 127. The molecule has 0 unspecified atom stereocenters. The van der Waals surface area contributed by atoms with E-state index in [1.54, 1.807) is 6.92 Å². The number of anilines is 1. The van der Waals surface area contributed by atoms with Crippen molar-refractivity contribution in [3.63, 3.8) is 0 Å². The van der Waals surface area contributed by atoms with Gasteiger partial charge in [0.15, 0.2) is 5.69 Å². The Bertz CT molecular complexity index is 813. The number of oxazole rings is 1. The van der Waals surface area contributed by atoms with Gasteiger partial charge < -0.3 is 9.73 Å². The number of nitrogens with one attached hydrogen (secondary N) is 1. The van der Waals surface area contributed by atoms with E-state index in [0.717, 1.165) is 14.8 Å². The van der Waals surface area contributed by atoms with Crippen LogP contribution in [0.25, 0.3) is 11.5 Å². The lowest BCUT2D eigenvalue weighted by Gasteiger charge is -2.05. The number of rotatable bonds is 3. The van der Waals surface area contributed by atoms with Crippen LogP contribution < -0.4 is 5.32 Å². The zero-order valence-corrected chi connectivity index (χ0v) is 14.0. The first-order valence-electron chi connectivity index (χ1n) is 6.74. The number of aromatic nitrogens is 1. The quantitative estimate of drug-likeness (QED) is 0.654. The van der Waals surface area contributed by atoms with Crippen molar-refractivity contribution >= 4 is 34.2 Å². The lowest BCUT2D eigenvalue weighted by molar-refractivity contribution is 0.102. The Labute approximate surface area is 141 Å². The molecule has 22 heavy (non-hydrogen) atoms. The van der Waals surface area contributed by atoms with Gasteiger partial charge in [-0.05, 0) is 53.8 Å². The molecule has 1 aromatic heterocycles. The lowest BCUT2D eigenvalue weighted by atomic mass is 10.2. The number of amides is 1. The van der Waals surface area contributed by atoms with Crippen LogP contribution >= 0.6 is 22.6 Å². The van der Waals surface area contributed by atoms with E-state index in [4.69, 9.17) is 4.42 Å². The van der Waals surface area contributed by atoms with E-state index in [1.807, 2.05) is 54.6 Å². The van der Waals surface area contributed by atoms with Crippen molar-refractivity contribution in [1.82, 2.24) is 4.98 Å². The molecule has 5 heteroatoms. The number of halogens is 1. The second kappa shape index (κ2) is 6.31. The Morgan fingerprint density at radius 1 is 1.09 bits per heavy atom. The average molecular weight is 404 g/mol. The molecular formula is C17H13IN2O2. The van der Waals surface area contributed by atoms with Crippen molar-refractivity contribution in [1.29, 1.82) is 0 Å². The maximum Gasteiger partial charge on any atom is 0.277 e. The van der Waals surface area contributed by atoms with Crippen LogP contribution in [0, 0.1) is 10.5 Å². The summed E-state index contributed by atoms with van der Waals surface area (Å²) in [6, 6.07) is 17.1. The largest absolute Gasteiger partial charge is 0.441 e. The third kappa shape index (κ3) is 3.04. The Kier molecular flexibility index (Phi) is 4.24. The summed E-state index contributed by atoms with van der Waals surface area (Å²) in [4.78, 5) is 16.7. The van der Waals surface area contributed by atoms with Crippen LogP contribution in [0.15, 0.2) is 59.0 Å². The fraction of sp³-hybridized carbons (Fsp3) is 0.0588. The molecule has 1 N–H and O–H groups in total. The third-order valence-electron chi connectivity index (χ3n) is 3.15. The summed E-state index contributed by atoms with van der Waals surface area (Å²) in [6.07, 6.45) is 0. The van der Waals surface area contributed by atoms with E-state index >= 15 is 0 Å². The van der Waals surface area contributed by atoms with Gasteiger partial charge in [-0.2, -0.15) is 0 Å². The van der Waals surface area contributed by atoms with Gasteiger partial charge in [-0.1, -0.05) is 30.3 Å². The van der Waals surface area contributed by atoms with Gasteiger partial charge in [0.1, 0.15) is 5.76 Å². The average Bonchev–Trinajstić information content (AvgIpc) is 2.92. The van der Waals surface area contributed by atoms with Crippen molar-refractivity contribution < 1.29 is 9.21 Å². The number of para-hydroxylation sites is 1. The molecule has 0 atom stereocenters. The first-order valence-corrected chi connectivity index (χ1v) is 7.82. The number of carbonyl (C=O) groups is 1. The fourth-order valence-corrected chi connectivity index (χ4v) is 2.58. The van der Waals surface area contributed by atoms with Gasteiger partial charge in [-0.3, -0.25) is 4.79 Å². The van der Waals surface area contributed by atoms with Gasteiger partial charge in [-0.25, -0.2) is 4.98 Å². The van der Waals surface area contributed by atoms with Crippen LogP contribution in [0.3, 0.4) is 0 Å². The SMILES string of the molecule is Cc1oc(-c2ccccc2)nc1C(=O)Nc1ccccc1I. The van der Waals surface area contributed by atoms with Crippen molar-refractivity contribution in [3.05, 3.63) is 69.6 Å². The Hall–Kier alpha value is -2.15. The molecule has 0 aliphatic heterocycles. The highest BCUT2D eigenvalue weighted by Gasteiger charge is 2.18. The van der Waals surface area contributed by atoms with Gasteiger partial charge in [0.25, 0.3) is 5.91 Å². The first-order chi connectivity index (χ1) is 10.6. The molecule has 4 nitrogen and oxygen atoms in total. The topological polar surface area (TPSA) is 55.1 Å². The second-order valence-corrected chi connectivity index (χ2v) is 5.89. The van der Waals surface area contributed by atoms with Gasteiger partial charge in [-0.15, -0.1) is 0 Å². The minimum absolute atomic E-state index is 0.271. The van der Waals surface area contributed by atoms with Crippen LogP contribution in [-0.4, -0.2) is 10.9 Å². The zero-order chi connectivity index (χ0) is 15.5. The Balaban J connectivity index is 1.88. The van der Waals surface area contributed by atoms with E-state index in [2.05, 4.69) is 32.9 Å². The number of aryl methyl sites for hydroxylation is 1. The molecule has 0 aliphatic rings. The Morgan fingerprint density at radius 3 is 2.50 bits per heavy atom. The highest BCUT2D eigenvalue weighted by Crippen LogP contribution is 2.23. The maximum atomic E-state index is 12.4. The zero-order valence-electron chi connectivity index (χ0n) is 11.8. The van der Waals surface area contributed by atoms with Crippen molar-refractivity contribution in [3.8, 4) is 11.5 Å². The number of nitrogens with zero attached hydrogens (tertiary/aromatic N) is 1. The minimum Gasteiger partial charge on any atom is -0.441 e. The molecule has 3 aromatic rings. The molecule has 2 aromatic carbocycles. The first kappa shape index (κ1) is 14.8. The molecule has 0 spiro atoms. The highest BCUT2D eigenvalue weighted by molar-refractivity contribution is 14.1. The van der Waals surface area contributed by atoms with Crippen LogP contribution in [0.1, 0.15) is 16.2 Å². The van der Waals surface area contributed by atoms with E-state index in [0.29, 0.717) is 17.3 Å². The molecule has 0 radical (unpaired) electrons. The summed E-state index contributed by atoms with van der Waals surface area (Å²) >= 11 is 2.18. The fourth-order valence-electron chi connectivity index (χ4n) is 2.06. The molecule has 0 aliphatic carbocycles. The summed E-state index contributed by atoms with van der Waals surface area (Å²) in [5.74, 6) is 0.681. The van der Waals surface area contributed by atoms with Crippen LogP contribution in [0.4, 0.5) is 5.69 Å². The van der Waals surface area contributed by atoms with Crippen molar-refractivity contribution in [2.45, 2.75) is 6.92 Å². The Morgan fingerprint density at radius 2 is 1.77 bits per heavy atom. The molecule has 0 saturated carbocycles. The summed E-state index contributed by atoms with van der Waals surface area (Å²) in [5, 5.41) is 2.86. The van der Waals surface area contributed by atoms with Crippen LogP contribution in [-0.2, 0) is 0 Å².